The van der Waals surface area contributed by atoms with E-state index in [1.54, 1.807) is 0 Å². The second-order valence-electron chi connectivity index (χ2n) is 2.82. The van der Waals surface area contributed by atoms with E-state index in [0.29, 0.717) is 6.61 Å². The zero-order valence-electron chi connectivity index (χ0n) is 7.78. The van der Waals surface area contributed by atoms with Crippen molar-refractivity contribution in [2.24, 2.45) is 0 Å². The van der Waals surface area contributed by atoms with Crippen LogP contribution in [-0.4, -0.2) is 30.4 Å². The van der Waals surface area contributed by atoms with E-state index in [2.05, 4.69) is 6.58 Å². The Labute approximate surface area is 77.8 Å². The van der Waals surface area contributed by atoms with E-state index in [0.717, 1.165) is 6.42 Å². The first-order valence-corrected chi connectivity index (χ1v) is 4.22. The second-order valence-corrected chi connectivity index (χ2v) is 2.82. The van der Waals surface area contributed by atoms with Gasteiger partial charge in [-0.1, -0.05) is 13.5 Å². The van der Waals surface area contributed by atoms with Gasteiger partial charge in [0.1, 0.15) is 0 Å². The van der Waals surface area contributed by atoms with Crippen LogP contribution in [0.25, 0.3) is 0 Å². The Balaban J connectivity index is 3.55. The topological polar surface area (TPSA) is 69.6 Å². The third-order valence-corrected chi connectivity index (χ3v) is 1.43. The third-order valence-electron chi connectivity index (χ3n) is 1.43. The lowest BCUT2D eigenvalue weighted by molar-refractivity contribution is -0.299. The molecule has 1 unspecified atom stereocenters. The summed E-state index contributed by atoms with van der Waals surface area (Å²) < 4.78 is 5.02. The molecule has 4 nitrogen and oxygen atoms in total. The Morgan fingerprint density at radius 3 is 2.77 bits per heavy atom. The highest BCUT2D eigenvalue weighted by Crippen LogP contribution is 2.02. The molecule has 0 aromatic heterocycles. The Kier molecular flexibility index (Phi) is 6.18. The summed E-state index contributed by atoms with van der Waals surface area (Å²) in [4.78, 5) is 10.2. The van der Waals surface area contributed by atoms with E-state index < -0.39 is 12.1 Å². The maximum absolute atomic E-state index is 10.2. The number of hydrogen-bond acceptors (Lipinski definition) is 4. The molecule has 76 valence electrons. The van der Waals surface area contributed by atoms with Crippen molar-refractivity contribution in [1.82, 2.24) is 0 Å². The molecule has 0 aliphatic carbocycles. The second kappa shape index (κ2) is 6.62. The van der Waals surface area contributed by atoms with Crippen LogP contribution in [0.2, 0.25) is 0 Å². The normalized spacial score (nSPS) is 12.5. The number of aliphatic carboxylic acids is 1. The van der Waals surface area contributed by atoms with E-state index in [1.807, 2.05) is 6.92 Å². The van der Waals surface area contributed by atoms with Crippen molar-refractivity contribution in [2.75, 3.05) is 13.2 Å². The molecule has 1 N–H and O–H groups in total. The number of carboxylic acids is 1. The summed E-state index contributed by atoms with van der Waals surface area (Å²) in [5.74, 6) is -1.32. The van der Waals surface area contributed by atoms with E-state index in [1.165, 1.54) is 0 Å². The maximum Gasteiger partial charge on any atom is 0.0814 e. The van der Waals surface area contributed by atoms with Gasteiger partial charge < -0.3 is 19.7 Å². The van der Waals surface area contributed by atoms with Crippen molar-refractivity contribution in [3.05, 3.63) is 12.2 Å². The lowest BCUT2D eigenvalue weighted by atomic mass is 10.1. The molecular weight excluding hydrogens is 172 g/mol. The fourth-order valence-electron chi connectivity index (χ4n) is 0.790. The van der Waals surface area contributed by atoms with Crippen LogP contribution in [0.5, 0.6) is 0 Å². The van der Waals surface area contributed by atoms with Gasteiger partial charge in [0.2, 0.25) is 0 Å². The van der Waals surface area contributed by atoms with Gasteiger partial charge in [0.15, 0.2) is 0 Å². The molecule has 0 amide bonds. The van der Waals surface area contributed by atoms with Crippen LogP contribution in [0.1, 0.15) is 19.8 Å². The quantitative estimate of drug-likeness (QED) is 0.429. The Morgan fingerprint density at radius 1 is 1.69 bits per heavy atom. The lowest BCUT2D eigenvalue weighted by Gasteiger charge is -2.12. The number of carbonyl (C=O) groups is 1. The average Bonchev–Trinajstić information content (AvgIpc) is 2.04. The maximum atomic E-state index is 10.2. The standard InChI is InChI=1S/C9H16O4/c1-3-4-13-6-8(10)5-7(2)9(11)12/h8,10H,2-6H2,1H3,(H,11,12)/p-1. The smallest absolute Gasteiger partial charge is 0.0814 e. The van der Waals surface area contributed by atoms with Crippen molar-refractivity contribution >= 4 is 5.97 Å². The van der Waals surface area contributed by atoms with Gasteiger partial charge in [-0.25, -0.2) is 0 Å². The molecule has 0 heterocycles. The molecule has 0 saturated heterocycles. The predicted molar refractivity (Wildman–Crippen MR) is 45.9 cm³/mol. The van der Waals surface area contributed by atoms with Crippen molar-refractivity contribution in [2.45, 2.75) is 25.9 Å². The molecule has 0 rings (SSSR count). The molecule has 0 spiro atoms. The number of ether oxygens (including phenoxy) is 1. The predicted octanol–water partition coefficient (Wildman–Crippen LogP) is -0.530. The van der Waals surface area contributed by atoms with Crippen LogP contribution in [0.3, 0.4) is 0 Å². The van der Waals surface area contributed by atoms with Crippen molar-refractivity contribution in [3.8, 4) is 0 Å². The van der Waals surface area contributed by atoms with Gasteiger partial charge in [0, 0.05) is 13.0 Å². The number of aliphatic hydroxyl groups excluding tert-OH is 1. The summed E-state index contributed by atoms with van der Waals surface area (Å²) in [5, 5.41) is 19.4. The van der Waals surface area contributed by atoms with Gasteiger partial charge in [-0.2, -0.15) is 0 Å². The molecule has 0 aliphatic rings. The first-order chi connectivity index (χ1) is 6.07. The van der Waals surface area contributed by atoms with Gasteiger partial charge in [-0.05, 0) is 12.0 Å². The largest absolute Gasteiger partial charge is 0.545 e. The minimum Gasteiger partial charge on any atom is -0.545 e. The molecule has 0 fully saturated rings. The van der Waals surface area contributed by atoms with E-state index in [9.17, 15) is 15.0 Å². The molecule has 1 atom stereocenters. The van der Waals surface area contributed by atoms with Gasteiger partial charge in [-0.3, -0.25) is 0 Å². The Bertz CT molecular complexity index is 176. The van der Waals surface area contributed by atoms with Crippen LogP contribution in [-0.2, 0) is 9.53 Å². The first-order valence-electron chi connectivity index (χ1n) is 4.22. The van der Waals surface area contributed by atoms with Crippen LogP contribution < -0.4 is 5.11 Å². The number of aliphatic hydroxyl groups is 1. The molecule has 13 heavy (non-hydrogen) atoms. The summed E-state index contributed by atoms with van der Waals surface area (Å²) in [5.41, 5.74) is -0.104. The highest BCUT2D eigenvalue weighted by molar-refractivity contribution is 5.83. The highest BCUT2D eigenvalue weighted by atomic mass is 16.5. The van der Waals surface area contributed by atoms with Gasteiger partial charge in [0.05, 0.1) is 18.7 Å². The minimum atomic E-state index is -1.32. The minimum absolute atomic E-state index is 0.00789. The van der Waals surface area contributed by atoms with E-state index >= 15 is 0 Å². The summed E-state index contributed by atoms with van der Waals surface area (Å²) in [6.07, 6.45) is 0.0529. The summed E-state index contributed by atoms with van der Waals surface area (Å²) in [7, 11) is 0. The number of carboxylic acid groups (broad SMARTS) is 1. The first kappa shape index (κ1) is 12.1. The fraction of sp³-hybridized carbons (Fsp3) is 0.667. The van der Waals surface area contributed by atoms with Crippen LogP contribution in [0.4, 0.5) is 0 Å². The van der Waals surface area contributed by atoms with Crippen LogP contribution in [0, 0.1) is 0 Å². The van der Waals surface area contributed by atoms with E-state index in [-0.39, 0.29) is 18.6 Å². The van der Waals surface area contributed by atoms with Gasteiger partial charge in [-0.15, -0.1) is 0 Å². The lowest BCUT2D eigenvalue weighted by Crippen LogP contribution is -2.27. The van der Waals surface area contributed by atoms with Crippen molar-refractivity contribution < 1.29 is 19.7 Å². The molecule has 0 bridgehead atoms. The zero-order valence-corrected chi connectivity index (χ0v) is 7.78. The van der Waals surface area contributed by atoms with Crippen LogP contribution in [0.15, 0.2) is 12.2 Å². The molecule has 0 aromatic rings. The highest BCUT2D eigenvalue weighted by Gasteiger charge is 2.06. The van der Waals surface area contributed by atoms with Crippen molar-refractivity contribution in [3.63, 3.8) is 0 Å². The Morgan fingerprint density at radius 2 is 2.31 bits per heavy atom. The summed E-state index contributed by atoms with van der Waals surface area (Å²) >= 11 is 0. The van der Waals surface area contributed by atoms with Gasteiger partial charge in [0.25, 0.3) is 0 Å². The molecule has 0 saturated carbocycles. The number of rotatable bonds is 7. The molecule has 4 heteroatoms. The van der Waals surface area contributed by atoms with Crippen molar-refractivity contribution in [1.29, 1.82) is 0 Å². The fourth-order valence-corrected chi connectivity index (χ4v) is 0.790. The number of carbonyl (C=O) groups excluding carboxylic acids is 1. The monoisotopic (exact) mass is 187 g/mol. The van der Waals surface area contributed by atoms with Crippen LogP contribution >= 0.6 is 0 Å². The summed E-state index contributed by atoms with van der Waals surface area (Å²) in [6, 6.07) is 0. The average molecular weight is 187 g/mol. The zero-order chi connectivity index (χ0) is 10.3. The SMILES string of the molecule is C=C(CC(O)COCCC)C(=O)[O-]. The molecular formula is C9H15O4-. The molecule has 0 aliphatic heterocycles. The molecule has 0 aromatic carbocycles. The number of hydrogen-bond donors (Lipinski definition) is 1. The van der Waals surface area contributed by atoms with E-state index in [4.69, 9.17) is 4.74 Å². The third kappa shape index (κ3) is 6.31. The van der Waals surface area contributed by atoms with Gasteiger partial charge >= 0.3 is 0 Å². The molecule has 0 radical (unpaired) electrons. The summed E-state index contributed by atoms with van der Waals surface area (Å²) in [6.45, 7) is 5.90. The Hall–Kier alpha value is -0.870.